The van der Waals surface area contributed by atoms with E-state index in [0.29, 0.717) is 19.4 Å². The van der Waals surface area contributed by atoms with Gasteiger partial charge in [-0.1, -0.05) is 0 Å². The highest BCUT2D eigenvalue weighted by atomic mass is 19.4. The van der Waals surface area contributed by atoms with E-state index in [-0.39, 0.29) is 17.8 Å². The van der Waals surface area contributed by atoms with E-state index in [9.17, 15) is 18.0 Å². The van der Waals surface area contributed by atoms with Crippen molar-refractivity contribution in [2.75, 3.05) is 6.61 Å². The number of halogens is 3. The number of nitrogens with zero attached hydrogens (tertiary/aromatic N) is 1. The van der Waals surface area contributed by atoms with E-state index in [0.717, 1.165) is 12.3 Å². The number of amides is 1. The van der Waals surface area contributed by atoms with Gasteiger partial charge in [-0.15, -0.1) is 0 Å². The van der Waals surface area contributed by atoms with Gasteiger partial charge in [0.25, 0.3) is 0 Å². The molecular weight excluding hydrogens is 277 g/mol. The first kappa shape index (κ1) is 14.4. The molecule has 1 aromatic heterocycles. The lowest BCUT2D eigenvalue weighted by Gasteiger charge is -2.33. The summed E-state index contributed by atoms with van der Waals surface area (Å²) in [6.45, 7) is 0.339. The van der Waals surface area contributed by atoms with Crippen LogP contribution in [0.1, 0.15) is 18.5 Å². The van der Waals surface area contributed by atoms with Gasteiger partial charge in [-0.25, -0.2) is 9.78 Å². The lowest BCUT2D eigenvalue weighted by Crippen LogP contribution is -2.37. The lowest BCUT2D eigenvalue weighted by molar-refractivity contribution is -0.141. The van der Waals surface area contributed by atoms with E-state index in [1.807, 2.05) is 0 Å². The smallest absolute Gasteiger partial charge is 0.433 e. The Morgan fingerprint density at radius 1 is 1.40 bits per heavy atom. The number of rotatable bonds is 4. The van der Waals surface area contributed by atoms with Gasteiger partial charge in [0, 0.05) is 0 Å². The third-order valence-corrected chi connectivity index (χ3v) is 2.99. The number of carbonyl (C=O) groups is 1. The van der Waals surface area contributed by atoms with Crippen LogP contribution < -0.4 is 10.5 Å². The van der Waals surface area contributed by atoms with Crippen molar-refractivity contribution < 1.29 is 27.4 Å². The highest BCUT2D eigenvalue weighted by Crippen LogP contribution is 2.31. The van der Waals surface area contributed by atoms with Gasteiger partial charge in [0.15, 0.2) is 0 Å². The summed E-state index contributed by atoms with van der Waals surface area (Å²) in [4.78, 5) is 13.8. The predicted molar refractivity (Wildman–Crippen MR) is 61.9 cm³/mol. The average Bonchev–Trinajstić information content (AvgIpc) is 2.31. The molecule has 1 aromatic rings. The zero-order valence-electron chi connectivity index (χ0n) is 10.4. The molecule has 1 aliphatic rings. The first-order valence-electron chi connectivity index (χ1n) is 5.96. The molecular formula is C12H13F3N2O3. The van der Waals surface area contributed by atoms with Gasteiger partial charge in [0.2, 0.25) is 0 Å². The molecule has 0 unspecified atom stereocenters. The van der Waals surface area contributed by atoms with E-state index >= 15 is 0 Å². The van der Waals surface area contributed by atoms with Crippen molar-refractivity contribution in [2.45, 2.75) is 25.1 Å². The van der Waals surface area contributed by atoms with E-state index in [1.165, 1.54) is 6.07 Å². The Morgan fingerprint density at radius 2 is 2.10 bits per heavy atom. The Labute approximate surface area is 112 Å². The number of hydrogen-bond donors (Lipinski definition) is 1. The molecule has 2 N–H and O–H groups in total. The second kappa shape index (κ2) is 5.56. The molecule has 20 heavy (non-hydrogen) atoms. The number of alkyl halides is 3. The number of ether oxygens (including phenoxy) is 2. The van der Waals surface area contributed by atoms with Crippen LogP contribution >= 0.6 is 0 Å². The number of nitrogens with two attached hydrogens (primary N) is 1. The topological polar surface area (TPSA) is 74.4 Å². The zero-order valence-corrected chi connectivity index (χ0v) is 10.4. The molecule has 110 valence electrons. The fraction of sp³-hybridized carbons (Fsp3) is 0.500. The summed E-state index contributed by atoms with van der Waals surface area (Å²) in [5.41, 5.74) is 3.91. The fourth-order valence-electron chi connectivity index (χ4n) is 1.92. The Hall–Kier alpha value is -1.99. The summed E-state index contributed by atoms with van der Waals surface area (Å²) in [7, 11) is 0. The Bertz CT molecular complexity index is 470. The van der Waals surface area contributed by atoms with Crippen LogP contribution in [0.5, 0.6) is 5.75 Å². The number of aromatic nitrogens is 1. The minimum absolute atomic E-state index is 0.188. The second-order valence-corrected chi connectivity index (χ2v) is 4.58. The van der Waals surface area contributed by atoms with Crippen LogP contribution in [-0.4, -0.2) is 23.8 Å². The molecule has 1 fully saturated rings. The van der Waals surface area contributed by atoms with E-state index < -0.39 is 18.0 Å². The monoisotopic (exact) mass is 290 g/mol. The van der Waals surface area contributed by atoms with Crippen LogP contribution in [-0.2, 0) is 10.9 Å². The van der Waals surface area contributed by atoms with Gasteiger partial charge in [-0.2, -0.15) is 13.2 Å². The first-order valence-corrected chi connectivity index (χ1v) is 5.96. The summed E-state index contributed by atoms with van der Waals surface area (Å²) in [6, 6.07) is 2.10. The van der Waals surface area contributed by atoms with E-state index in [2.05, 4.69) is 4.98 Å². The Kier molecular flexibility index (Phi) is 4.01. The first-order chi connectivity index (χ1) is 9.34. The summed E-state index contributed by atoms with van der Waals surface area (Å²) in [6.07, 6.45) is -3.13. The summed E-state index contributed by atoms with van der Waals surface area (Å²) < 4.78 is 47.0. The predicted octanol–water partition coefficient (Wildman–Crippen LogP) is 2.35. The highest BCUT2D eigenvalue weighted by Gasteiger charge is 2.33. The van der Waals surface area contributed by atoms with Crippen molar-refractivity contribution in [3.63, 3.8) is 0 Å². The molecule has 1 amide bonds. The maximum Gasteiger partial charge on any atom is 0.433 e. The molecule has 1 heterocycles. The van der Waals surface area contributed by atoms with Crippen molar-refractivity contribution in [1.82, 2.24) is 4.98 Å². The maximum absolute atomic E-state index is 12.3. The molecule has 0 aliphatic heterocycles. The molecule has 0 saturated heterocycles. The van der Waals surface area contributed by atoms with Crippen molar-refractivity contribution >= 4 is 6.09 Å². The van der Waals surface area contributed by atoms with Gasteiger partial charge >= 0.3 is 12.3 Å². The van der Waals surface area contributed by atoms with Crippen molar-refractivity contribution in [3.8, 4) is 5.75 Å². The summed E-state index contributed by atoms with van der Waals surface area (Å²) in [5.74, 6) is 0.471. The molecule has 8 heteroatoms. The number of pyridine rings is 1. The normalized spacial score (nSPS) is 21.9. The SMILES string of the molecule is NC(=O)OC1CC(COc2ccc(C(F)(F)F)nc2)C1. The molecule has 0 spiro atoms. The standard InChI is InChI=1S/C12H13F3N2O3/c13-12(14,15)10-2-1-8(5-17-10)19-6-7-3-9(4-7)20-11(16)18/h1-2,5,7,9H,3-4,6H2,(H2,16,18). The fourth-order valence-corrected chi connectivity index (χ4v) is 1.92. The van der Waals surface area contributed by atoms with Crippen LogP contribution in [0.3, 0.4) is 0 Å². The van der Waals surface area contributed by atoms with Gasteiger partial charge in [-0.3, -0.25) is 0 Å². The van der Waals surface area contributed by atoms with Gasteiger partial charge in [0.1, 0.15) is 17.5 Å². The van der Waals surface area contributed by atoms with Crippen molar-refractivity contribution in [1.29, 1.82) is 0 Å². The van der Waals surface area contributed by atoms with E-state index in [4.69, 9.17) is 15.2 Å². The van der Waals surface area contributed by atoms with Crippen LogP contribution in [0.2, 0.25) is 0 Å². The van der Waals surface area contributed by atoms with Crippen LogP contribution in [0.15, 0.2) is 18.3 Å². The Balaban J connectivity index is 1.74. The Morgan fingerprint density at radius 3 is 2.60 bits per heavy atom. The molecule has 5 nitrogen and oxygen atoms in total. The van der Waals surface area contributed by atoms with Crippen LogP contribution in [0.25, 0.3) is 0 Å². The molecule has 1 saturated carbocycles. The molecule has 0 aromatic carbocycles. The highest BCUT2D eigenvalue weighted by molar-refractivity contribution is 5.64. The summed E-state index contributed by atoms with van der Waals surface area (Å²) in [5, 5.41) is 0. The van der Waals surface area contributed by atoms with Gasteiger partial charge < -0.3 is 15.2 Å². The molecule has 0 radical (unpaired) electrons. The third-order valence-electron chi connectivity index (χ3n) is 2.99. The number of hydrogen-bond acceptors (Lipinski definition) is 4. The lowest BCUT2D eigenvalue weighted by atomic mass is 9.83. The van der Waals surface area contributed by atoms with E-state index in [1.54, 1.807) is 0 Å². The molecule has 1 aliphatic carbocycles. The summed E-state index contributed by atoms with van der Waals surface area (Å²) >= 11 is 0. The number of primary amides is 1. The largest absolute Gasteiger partial charge is 0.492 e. The van der Waals surface area contributed by atoms with Gasteiger partial charge in [0.05, 0.1) is 12.8 Å². The van der Waals surface area contributed by atoms with Crippen LogP contribution in [0, 0.1) is 5.92 Å². The minimum atomic E-state index is -4.45. The van der Waals surface area contributed by atoms with Crippen molar-refractivity contribution in [2.24, 2.45) is 11.7 Å². The minimum Gasteiger partial charge on any atom is -0.492 e. The van der Waals surface area contributed by atoms with Crippen LogP contribution in [0.4, 0.5) is 18.0 Å². The molecule has 0 atom stereocenters. The van der Waals surface area contributed by atoms with Gasteiger partial charge in [-0.05, 0) is 30.9 Å². The molecule has 0 bridgehead atoms. The average molecular weight is 290 g/mol. The maximum atomic E-state index is 12.3. The molecule has 2 rings (SSSR count). The van der Waals surface area contributed by atoms with Crippen molar-refractivity contribution in [3.05, 3.63) is 24.0 Å². The number of carbonyl (C=O) groups excluding carboxylic acids is 1. The third kappa shape index (κ3) is 3.75. The second-order valence-electron chi connectivity index (χ2n) is 4.58. The quantitative estimate of drug-likeness (QED) is 0.923. The zero-order chi connectivity index (χ0) is 14.8.